The topological polar surface area (TPSA) is 66.5 Å². The number of hydrogen-bond acceptors (Lipinski definition) is 3. The van der Waals surface area contributed by atoms with Gasteiger partial charge in [-0.3, -0.25) is 4.79 Å². The molecule has 10 heteroatoms. The summed E-state index contributed by atoms with van der Waals surface area (Å²) in [5.41, 5.74) is -0.306. The first-order valence-electron chi connectivity index (χ1n) is 7.26. The predicted octanol–water partition coefficient (Wildman–Crippen LogP) is 2.81. The number of amides is 1. The highest BCUT2D eigenvalue weighted by Gasteiger charge is 2.30. The molecule has 0 aliphatic carbocycles. The highest BCUT2D eigenvalue weighted by molar-refractivity contribution is 7.89. The molecule has 1 aliphatic heterocycles. The number of carbonyl (C=O) groups excluding carboxylic acids is 1. The van der Waals surface area contributed by atoms with Gasteiger partial charge in [0, 0.05) is 13.1 Å². The number of rotatable bonds is 4. The Kier molecular flexibility index (Phi) is 5.77. The van der Waals surface area contributed by atoms with Crippen LogP contribution in [0, 0.1) is 0 Å². The number of alkyl halides is 3. The number of benzene rings is 1. The Balaban J connectivity index is 2.26. The highest BCUT2D eigenvalue weighted by Crippen LogP contribution is 2.25. The number of hydrogen-bond donors (Lipinski definition) is 1. The fraction of sp³-hybridized carbons (Fsp3) is 0.500. The molecule has 0 bridgehead atoms. The van der Waals surface area contributed by atoms with Crippen molar-refractivity contribution in [2.45, 2.75) is 30.3 Å². The summed E-state index contributed by atoms with van der Waals surface area (Å²) >= 11 is 5.83. The molecule has 1 saturated heterocycles. The van der Waals surface area contributed by atoms with Crippen molar-refractivity contribution in [1.29, 1.82) is 0 Å². The van der Waals surface area contributed by atoms with Gasteiger partial charge in [-0.1, -0.05) is 18.0 Å². The predicted molar refractivity (Wildman–Crippen MR) is 82.5 cm³/mol. The smallest absolute Gasteiger partial charge is 0.343 e. The molecule has 24 heavy (non-hydrogen) atoms. The number of nitrogens with one attached hydrogen (secondary N) is 1. The van der Waals surface area contributed by atoms with Crippen LogP contribution in [0.5, 0.6) is 0 Å². The van der Waals surface area contributed by atoms with Crippen molar-refractivity contribution in [3.05, 3.63) is 28.8 Å². The monoisotopic (exact) mass is 384 g/mol. The first-order chi connectivity index (χ1) is 11.1. The van der Waals surface area contributed by atoms with E-state index in [0.29, 0.717) is 13.1 Å². The minimum atomic E-state index is -4.57. The van der Waals surface area contributed by atoms with Crippen LogP contribution >= 0.6 is 11.6 Å². The Morgan fingerprint density at radius 3 is 2.42 bits per heavy atom. The van der Waals surface area contributed by atoms with Gasteiger partial charge in [0.25, 0.3) is 5.91 Å². The lowest BCUT2D eigenvalue weighted by Gasteiger charge is -2.26. The van der Waals surface area contributed by atoms with Crippen molar-refractivity contribution >= 4 is 27.5 Å². The second-order valence-electron chi connectivity index (χ2n) is 5.40. The number of halogens is 4. The molecule has 0 spiro atoms. The van der Waals surface area contributed by atoms with Gasteiger partial charge in [0.2, 0.25) is 10.0 Å². The second kappa shape index (κ2) is 7.28. The van der Waals surface area contributed by atoms with Crippen LogP contribution in [0.25, 0.3) is 0 Å². The van der Waals surface area contributed by atoms with E-state index in [9.17, 15) is 26.4 Å². The summed E-state index contributed by atoms with van der Waals surface area (Å²) in [5, 5.41) is 1.56. The zero-order valence-electron chi connectivity index (χ0n) is 12.6. The second-order valence-corrected chi connectivity index (χ2v) is 7.75. The quantitative estimate of drug-likeness (QED) is 0.868. The third-order valence-electron chi connectivity index (χ3n) is 3.58. The fourth-order valence-corrected chi connectivity index (χ4v) is 4.12. The van der Waals surface area contributed by atoms with Gasteiger partial charge in [0.05, 0.1) is 15.5 Å². The summed E-state index contributed by atoms with van der Waals surface area (Å²) < 4.78 is 63.0. The largest absolute Gasteiger partial charge is 0.405 e. The van der Waals surface area contributed by atoms with E-state index in [0.717, 1.165) is 25.3 Å². The lowest BCUT2D eigenvalue weighted by Crippen LogP contribution is -2.36. The maximum atomic E-state index is 12.6. The van der Waals surface area contributed by atoms with E-state index in [-0.39, 0.29) is 15.5 Å². The van der Waals surface area contributed by atoms with Gasteiger partial charge in [-0.25, -0.2) is 8.42 Å². The Bertz CT molecular complexity index is 716. The molecular weight excluding hydrogens is 369 g/mol. The van der Waals surface area contributed by atoms with E-state index in [4.69, 9.17) is 11.6 Å². The van der Waals surface area contributed by atoms with Crippen LogP contribution < -0.4 is 5.32 Å². The molecule has 134 valence electrons. The van der Waals surface area contributed by atoms with Gasteiger partial charge in [0.15, 0.2) is 0 Å². The minimum absolute atomic E-state index is 0.118. The lowest BCUT2D eigenvalue weighted by molar-refractivity contribution is -0.123. The van der Waals surface area contributed by atoms with Crippen LogP contribution in [0.2, 0.25) is 5.02 Å². The molecule has 1 fully saturated rings. The SMILES string of the molecule is O=C(NCC(F)(F)F)c1cc(S(=O)(=O)N2CCCCC2)ccc1Cl. The van der Waals surface area contributed by atoms with Crippen LogP contribution in [0.15, 0.2) is 23.1 Å². The van der Waals surface area contributed by atoms with Gasteiger partial charge >= 0.3 is 6.18 Å². The molecule has 1 aromatic rings. The van der Waals surface area contributed by atoms with Crippen LogP contribution in [0.1, 0.15) is 29.6 Å². The molecule has 5 nitrogen and oxygen atoms in total. The summed E-state index contributed by atoms with van der Waals surface area (Å²) in [6, 6.07) is 3.45. The molecule has 1 N–H and O–H groups in total. The Labute approximate surface area is 142 Å². The third kappa shape index (κ3) is 4.61. The van der Waals surface area contributed by atoms with Crippen molar-refractivity contribution in [1.82, 2.24) is 9.62 Å². The first kappa shape index (κ1) is 19.0. The van der Waals surface area contributed by atoms with Crippen molar-refractivity contribution < 1.29 is 26.4 Å². The Morgan fingerprint density at radius 1 is 1.21 bits per heavy atom. The maximum Gasteiger partial charge on any atom is 0.405 e. The van der Waals surface area contributed by atoms with Crippen LogP contribution in [0.4, 0.5) is 13.2 Å². The van der Waals surface area contributed by atoms with E-state index < -0.39 is 28.7 Å². The van der Waals surface area contributed by atoms with Crippen LogP contribution in [-0.2, 0) is 10.0 Å². The van der Waals surface area contributed by atoms with Gasteiger partial charge in [-0.05, 0) is 31.0 Å². The summed E-state index contributed by atoms with van der Waals surface area (Å²) in [4.78, 5) is 11.7. The molecular formula is C14H16ClF3N2O3S. The fourth-order valence-electron chi connectivity index (χ4n) is 2.37. The molecule has 2 rings (SSSR count). The summed E-state index contributed by atoms with van der Waals surface area (Å²) in [5.74, 6) is -1.08. The number of sulfonamides is 1. The zero-order chi connectivity index (χ0) is 18.0. The zero-order valence-corrected chi connectivity index (χ0v) is 14.1. The van der Waals surface area contributed by atoms with Crippen molar-refractivity contribution in [2.75, 3.05) is 19.6 Å². The molecule has 0 atom stereocenters. The van der Waals surface area contributed by atoms with Crippen molar-refractivity contribution in [2.24, 2.45) is 0 Å². The van der Waals surface area contributed by atoms with Gasteiger partial charge < -0.3 is 5.32 Å². The first-order valence-corrected chi connectivity index (χ1v) is 9.08. The van der Waals surface area contributed by atoms with E-state index in [2.05, 4.69) is 0 Å². The van der Waals surface area contributed by atoms with Crippen molar-refractivity contribution in [3.63, 3.8) is 0 Å². The van der Waals surface area contributed by atoms with E-state index in [1.807, 2.05) is 0 Å². The van der Waals surface area contributed by atoms with Crippen LogP contribution in [-0.4, -0.2) is 44.4 Å². The molecule has 0 radical (unpaired) electrons. The van der Waals surface area contributed by atoms with Gasteiger partial charge in [-0.15, -0.1) is 0 Å². The maximum absolute atomic E-state index is 12.6. The Morgan fingerprint density at radius 2 is 1.83 bits per heavy atom. The molecule has 1 aromatic carbocycles. The summed E-state index contributed by atoms with van der Waals surface area (Å²) in [6.07, 6.45) is -2.14. The van der Waals surface area contributed by atoms with Gasteiger partial charge in [0.1, 0.15) is 6.54 Å². The van der Waals surface area contributed by atoms with E-state index in [1.54, 1.807) is 5.32 Å². The minimum Gasteiger partial charge on any atom is -0.343 e. The van der Waals surface area contributed by atoms with Crippen molar-refractivity contribution in [3.8, 4) is 0 Å². The molecule has 1 aliphatic rings. The lowest BCUT2D eigenvalue weighted by atomic mass is 10.2. The Hall–Kier alpha value is -1.32. The number of carbonyl (C=O) groups is 1. The number of nitrogens with zero attached hydrogens (tertiary/aromatic N) is 1. The number of piperidine rings is 1. The normalized spacial score (nSPS) is 16.8. The molecule has 0 saturated carbocycles. The van der Waals surface area contributed by atoms with E-state index in [1.165, 1.54) is 16.4 Å². The standard InChI is InChI=1S/C14H16ClF3N2O3S/c15-12-5-4-10(24(22,23)20-6-2-1-3-7-20)8-11(12)13(21)19-9-14(16,17)18/h4-5,8H,1-3,6-7,9H2,(H,19,21). The van der Waals surface area contributed by atoms with Gasteiger partial charge in [-0.2, -0.15) is 17.5 Å². The average molecular weight is 385 g/mol. The molecule has 0 aromatic heterocycles. The highest BCUT2D eigenvalue weighted by atomic mass is 35.5. The molecule has 1 heterocycles. The molecule has 0 unspecified atom stereocenters. The summed E-state index contributed by atoms with van der Waals surface area (Å²) in [7, 11) is -3.81. The van der Waals surface area contributed by atoms with E-state index >= 15 is 0 Å². The third-order valence-corrected chi connectivity index (χ3v) is 5.81. The summed E-state index contributed by atoms with van der Waals surface area (Å²) in [6.45, 7) is -0.771. The molecule has 1 amide bonds. The van der Waals surface area contributed by atoms with Crippen LogP contribution in [0.3, 0.4) is 0 Å². The average Bonchev–Trinajstić information content (AvgIpc) is 2.53.